The minimum atomic E-state index is -0.135. The molecule has 0 saturated carbocycles. The molecule has 0 aliphatic carbocycles. The number of aryl methyl sites for hydroxylation is 1. The van der Waals surface area contributed by atoms with Gasteiger partial charge in [0.1, 0.15) is 5.82 Å². The molecule has 2 atom stereocenters. The number of hydrogen-bond donors (Lipinski definition) is 2. The minimum absolute atomic E-state index is 0.00595. The van der Waals surface area contributed by atoms with Crippen molar-refractivity contribution in [2.24, 2.45) is 0 Å². The highest BCUT2D eigenvalue weighted by atomic mass is 16.1. The van der Waals surface area contributed by atoms with Crippen LogP contribution in [0.15, 0.2) is 83.7 Å². The van der Waals surface area contributed by atoms with Crippen LogP contribution in [0.25, 0.3) is 10.9 Å². The molecule has 4 nitrogen and oxygen atoms in total. The van der Waals surface area contributed by atoms with Crippen molar-refractivity contribution in [2.45, 2.75) is 25.9 Å². The number of fused-ring (bicyclic) bond motifs is 1. The molecular weight excluding hydrogens is 346 g/mol. The summed E-state index contributed by atoms with van der Waals surface area (Å²) in [6.45, 7) is 4.11. The monoisotopic (exact) mass is 369 g/mol. The zero-order chi connectivity index (χ0) is 19.5. The molecule has 3 aromatic carbocycles. The predicted octanol–water partition coefficient (Wildman–Crippen LogP) is 4.67. The molecule has 0 aliphatic rings. The molecule has 0 aliphatic heterocycles. The molecule has 1 aromatic heterocycles. The lowest BCUT2D eigenvalue weighted by molar-refractivity contribution is 0.496. The number of nitrogens with one attached hydrogen (secondary N) is 2. The molecule has 0 amide bonds. The van der Waals surface area contributed by atoms with Gasteiger partial charge in [-0.1, -0.05) is 72.3 Å². The number of aromatic amines is 1. The van der Waals surface area contributed by atoms with E-state index < -0.39 is 0 Å². The fraction of sp³-hybridized carbons (Fsp3) is 0.167. The Morgan fingerprint density at radius 1 is 0.857 bits per heavy atom. The summed E-state index contributed by atoms with van der Waals surface area (Å²) in [6.07, 6.45) is 0. The fourth-order valence-electron chi connectivity index (χ4n) is 3.43. The summed E-state index contributed by atoms with van der Waals surface area (Å²) in [6, 6.07) is 26.1. The van der Waals surface area contributed by atoms with Crippen LogP contribution in [-0.4, -0.2) is 9.97 Å². The van der Waals surface area contributed by atoms with Gasteiger partial charge in [0.15, 0.2) is 0 Å². The van der Waals surface area contributed by atoms with Gasteiger partial charge in [0, 0.05) is 0 Å². The molecule has 4 heteroatoms. The van der Waals surface area contributed by atoms with Gasteiger partial charge in [-0.3, -0.25) is 10.1 Å². The van der Waals surface area contributed by atoms with E-state index in [0.717, 1.165) is 0 Å². The van der Waals surface area contributed by atoms with Crippen molar-refractivity contribution in [3.8, 4) is 0 Å². The third-order valence-electron chi connectivity index (χ3n) is 5.00. The highest BCUT2D eigenvalue weighted by Gasteiger charge is 2.19. The topological polar surface area (TPSA) is 57.8 Å². The van der Waals surface area contributed by atoms with Gasteiger partial charge in [0.2, 0.25) is 0 Å². The molecule has 0 spiro atoms. The number of rotatable bonds is 5. The van der Waals surface area contributed by atoms with Crippen LogP contribution >= 0.6 is 0 Å². The second-order valence-corrected chi connectivity index (χ2v) is 7.11. The summed E-state index contributed by atoms with van der Waals surface area (Å²) >= 11 is 0. The van der Waals surface area contributed by atoms with E-state index in [2.05, 4.69) is 58.6 Å². The number of aromatic nitrogens is 2. The largest absolute Gasteiger partial charge is 0.309 e. The van der Waals surface area contributed by atoms with Crippen molar-refractivity contribution in [3.63, 3.8) is 0 Å². The average Bonchev–Trinajstić information content (AvgIpc) is 2.73. The van der Waals surface area contributed by atoms with E-state index >= 15 is 0 Å². The molecule has 140 valence electrons. The molecule has 0 radical (unpaired) electrons. The Morgan fingerprint density at radius 2 is 1.50 bits per heavy atom. The van der Waals surface area contributed by atoms with Crippen LogP contribution in [0, 0.1) is 6.92 Å². The maximum absolute atomic E-state index is 12.4. The van der Waals surface area contributed by atoms with Crippen LogP contribution < -0.4 is 10.9 Å². The van der Waals surface area contributed by atoms with Gasteiger partial charge < -0.3 is 4.98 Å². The molecule has 28 heavy (non-hydrogen) atoms. The van der Waals surface area contributed by atoms with Gasteiger partial charge in [-0.25, -0.2) is 4.98 Å². The summed E-state index contributed by atoms with van der Waals surface area (Å²) in [5, 5.41) is 4.25. The summed E-state index contributed by atoms with van der Waals surface area (Å²) in [7, 11) is 0. The number of benzene rings is 3. The van der Waals surface area contributed by atoms with Crippen LogP contribution in [0.5, 0.6) is 0 Å². The number of nitrogens with zero attached hydrogens (tertiary/aromatic N) is 1. The maximum atomic E-state index is 12.4. The predicted molar refractivity (Wildman–Crippen MR) is 113 cm³/mol. The van der Waals surface area contributed by atoms with E-state index in [4.69, 9.17) is 0 Å². The lowest BCUT2D eigenvalue weighted by Gasteiger charge is -2.24. The highest BCUT2D eigenvalue weighted by molar-refractivity contribution is 5.77. The van der Waals surface area contributed by atoms with Gasteiger partial charge in [-0.2, -0.15) is 0 Å². The molecular formula is C24H23N3O. The molecule has 0 unspecified atom stereocenters. The average molecular weight is 369 g/mol. The number of para-hydroxylation sites is 1. The lowest BCUT2D eigenvalue weighted by Crippen LogP contribution is -2.28. The zero-order valence-electron chi connectivity index (χ0n) is 16.0. The van der Waals surface area contributed by atoms with Crippen LogP contribution in [0.3, 0.4) is 0 Å². The summed E-state index contributed by atoms with van der Waals surface area (Å²) < 4.78 is 0. The van der Waals surface area contributed by atoms with E-state index in [1.54, 1.807) is 6.07 Å². The van der Waals surface area contributed by atoms with E-state index in [1.165, 1.54) is 16.7 Å². The van der Waals surface area contributed by atoms with Gasteiger partial charge in [-0.05, 0) is 37.1 Å². The first-order chi connectivity index (χ1) is 13.6. The highest BCUT2D eigenvalue weighted by Crippen LogP contribution is 2.25. The van der Waals surface area contributed by atoms with Crippen molar-refractivity contribution in [2.75, 3.05) is 0 Å². The number of hydrogen-bond acceptors (Lipinski definition) is 3. The molecule has 2 N–H and O–H groups in total. The number of H-pyrrole nitrogens is 1. The maximum Gasteiger partial charge on any atom is 0.258 e. The van der Waals surface area contributed by atoms with Crippen LogP contribution in [0.4, 0.5) is 0 Å². The van der Waals surface area contributed by atoms with E-state index in [1.807, 2.05) is 43.3 Å². The SMILES string of the molecule is Cc1ccc([C@@H](N[C@@H](C)c2nc3ccccc3c(=O)[nH]2)c2ccccc2)cc1. The second-order valence-electron chi connectivity index (χ2n) is 7.11. The molecule has 1 heterocycles. The third kappa shape index (κ3) is 3.73. The van der Waals surface area contributed by atoms with Gasteiger partial charge in [0.25, 0.3) is 5.56 Å². The first-order valence-corrected chi connectivity index (χ1v) is 9.48. The normalized spacial score (nSPS) is 13.4. The first-order valence-electron chi connectivity index (χ1n) is 9.48. The summed E-state index contributed by atoms with van der Waals surface area (Å²) in [4.78, 5) is 20.1. The molecule has 0 bridgehead atoms. The second kappa shape index (κ2) is 7.79. The Labute approximate surface area is 164 Å². The quantitative estimate of drug-likeness (QED) is 0.537. The first kappa shape index (κ1) is 18.1. The van der Waals surface area contributed by atoms with E-state index in [0.29, 0.717) is 16.7 Å². The standard InChI is InChI=1S/C24H23N3O/c1-16-12-14-19(15-13-16)22(18-8-4-3-5-9-18)25-17(2)23-26-21-11-7-6-10-20(21)24(28)27-23/h3-15,17,22,25H,1-2H3,(H,26,27,28)/t17-,22-/m0/s1. The smallest absolute Gasteiger partial charge is 0.258 e. The van der Waals surface area contributed by atoms with Crippen molar-refractivity contribution in [1.29, 1.82) is 0 Å². The Hall–Kier alpha value is -3.24. The lowest BCUT2D eigenvalue weighted by atomic mass is 9.97. The van der Waals surface area contributed by atoms with Gasteiger partial charge in [0.05, 0.1) is 23.0 Å². The van der Waals surface area contributed by atoms with Crippen molar-refractivity contribution in [1.82, 2.24) is 15.3 Å². The van der Waals surface area contributed by atoms with Gasteiger partial charge >= 0.3 is 0 Å². The van der Waals surface area contributed by atoms with Crippen LogP contribution in [0.2, 0.25) is 0 Å². The Kier molecular flexibility index (Phi) is 5.04. The zero-order valence-corrected chi connectivity index (χ0v) is 16.0. The van der Waals surface area contributed by atoms with Crippen molar-refractivity contribution < 1.29 is 0 Å². The molecule has 0 saturated heterocycles. The molecule has 4 rings (SSSR count). The van der Waals surface area contributed by atoms with Crippen molar-refractivity contribution in [3.05, 3.63) is 112 Å². The molecule has 4 aromatic rings. The van der Waals surface area contributed by atoms with Crippen molar-refractivity contribution >= 4 is 10.9 Å². The third-order valence-corrected chi connectivity index (χ3v) is 5.00. The van der Waals surface area contributed by atoms with Crippen LogP contribution in [-0.2, 0) is 0 Å². The fourth-order valence-corrected chi connectivity index (χ4v) is 3.43. The minimum Gasteiger partial charge on any atom is -0.309 e. The summed E-state index contributed by atoms with van der Waals surface area (Å²) in [5.74, 6) is 0.636. The molecule has 0 fully saturated rings. The van der Waals surface area contributed by atoms with Crippen LogP contribution in [0.1, 0.15) is 41.5 Å². The Balaban J connectivity index is 1.70. The van der Waals surface area contributed by atoms with Gasteiger partial charge in [-0.15, -0.1) is 0 Å². The Morgan fingerprint density at radius 3 is 2.25 bits per heavy atom. The summed E-state index contributed by atoms with van der Waals surface area (Å²) in [5.41, 5.74) is 4.17. The van der Waals surface area contributed by atoms with E-state index in [-0.39, 0.29) is 17.6 Å². The van der Waals surface area contributed by atoms with E-state index in [9.17, 15) is 4.79 Å². The Bertz CT molecular complexity index is 1130.